The maximum atomic E-state index is 12.6. The number of hydrogen-bond donors (Lipinski definition) is 2. The van der Waals surface area contributed by atoms with Gasteiger partial charge in [0.1, 0.15) is 0 Å². The molecule has 3 aromatic rings. The monoisotopic (exact) mass is 389 g/mol. The van der Waals surface area contributed by atoms with Crippen LogP contribution in [0.1, 0.15) is 13.8 Å². The highest BCUT2D eigenvalue weighted by molar-refractivity contribution is 7.92. The molecule has 1 heterocycles. The molecular weight excluding hydrogens is 370 g/mol. The predicted octanol–water partition coefficient (Wildman–Crippen LogP) is 3.71. The summed E-state index contributed by atoms with van der Waals surface area (Å²) >= 11 is 0. The van der Waals surface area contributed by atoms with Crippen LogP contribution in [0.25, 0.3) is 10.9 Å². The average molecular weight is 389 g/mol. The molecule has 9 heteroatoms. The number of hydrogen-bond acceptors (Lipinski definition) is 5. The van der Waals surface area contributed by atoms with E-state index in [-0.39, 0.29) is 4.90 Å². The molecule has 0 fully saturated rings. The van der Waals surface area contributed by atoms with Crippen LogP contribution in [0.4, 0.5) is 11.4 Å². The third-order valence-electron chi connectivity index (χ3n) is 4.04. The first kappa shape index (κ1) is 18.7. The van der Waals surface area contributed by atoms with E-state index in [0.29, 0.717) is 11.6 Å². The fraction of sp³-hybridized carbons (Fsp3) is 0.222. The van der Waals surface area contributed by atoms with Gasteiger partial charge in [-0.05, 0) is 42.3 Å². The van der Waals surface area contributed by atoms with E-state index >= 15 is 0 Å². The van der Waals surface area contributed by atoms with E-state index in [0.717, 1.165) is 35.6 Å². The number of fused-ring (bicyclic) bond motifs is 1. The van der Waals surface area contributed by atoms with Gasteiger partial charge in [-0.15, -0.1) is 0 Å². The van der Waals surface area contributed by atoms with Gasteiger partial charge in [0.15, 0.2) is 5.75 Å². The van der Waals surface area contributed by atoms with Gasteiger partial charge in [-0.3, -0.25) is 14.8 Å². The molecule has 0 unspecified atom stereocenters. The van der Waals surface area contributed by atoms with Crippen LogP contribution in [0.15, 0.2) is 53.6 Å². The Balaban J connectivity index is 1.92. The number of nitro benzene ring substituents is 1. The molecule has 8 nitrogen and oxygen atoms in total. The molecule has 1 aromatic heterocycles. The number of nitrogens with zero attached hydrogens (tertiary/aromatic N) is 2. The van der Waals surface area contributed by atoms with Crippen molar-refractivity contribution >= 4 is 32.3 Å². The van der Waals surface area contributed by atoms with Crippen molar-refractivity contribution in [3.8, 4) is 5.75 Å². The van der Waals surface area contributed by atoms with E-state index in [1.807, 2.05) is 18.3 Å². The van der Waals surface area contributed by atoms with Crippen molar-refractivity contribution in [2.24, 2.45) is 5.92 Å². The normalized spacial score (nSPS) is 11.8. The third-order valence-corrected chi connectivity index (χ3v) is 5.42. The van der Waals surface area contributed by atoms with Crippen LogP contribution in [-0.4, -0.2) is 23.0 Å². The standard InChI is InChI=1S/C18H19N3O5S/c1-12(2)11-20-8-7-13-9-14(3-5-16(13)20)19-27(25,26)15-4-6-18(22)17(10-15)21(23)24/h3-10,12,19,22H,11H2,1-2H3. The number of aromatic hydroxyl groups is 1. The van der Waals surface area contributed by atoms with Gasteiger partial charge in [-0.2, -0.15) is 0 Å². The summed E-state index contributed by atoms with van der Waals surface area (Å²) in [6.45, 7) is 5.09. The highest BCUT2D eigenvalue weighted by Crippen LogP contribution is 2.29. The predicted molar refractivity (Wildman–Crippen MR) is 102 cm³/mol. The van der Waals surface area contributed by atoms with Crippen LogP contribution in [-0.2, 0) is 16.6 Å². The van der Waals surface area contributed by atoms with Crippen LogP contribution in [0.2, 0.25) is 0 Å². The van der Waals surface area contributed by atoms with Gasteiger partial charge >= 0.3 is 5.69 Å². The Labute approximate surface area is 156 Å². The zero-order chi connectivity index (χ0) is 19.8. The lowest BCUT2D eigenvalue weighted by atomic mass is 10.2. The molecule has 0 atom stereocenters. The second kappa shape index (κ2) is 6.92. The maximum absolute atomic E-state index is 12.6. The Morgan fingerprint density at radius 2 is 1.93 bits per heavy atom. The van der Waals surface area contributed by atoms with Gasteiger partial charge < -0.3 is 9.67 Å². The van der Waals surface area contributed by atoms with Crippen LogP contribution in [0, 0.1) is 16.0 Å². The molecule has 2 aromatic carbocycles. The van der Waals surface area contributed by atoms with Gasteiger partial charge in [0.25, 0.3) is 10.0 Å². The smallest absolute Gasteiger partial charge is 0.312 e. The quantitative estimate of drug-likeness (QED) is 0.493. The molecule has 0 aliphatic heterocycles. The lowest BCUT2D eigenvalue weighted by molar-refractivity contribution is -0.386. The lowest BCUT2D eigenvalue weighted by Gasteiger charge is -2.10. The molecule has 0 aliphatic carbocycles. The van der Waals surface area contributed by atoms with Crippen molar-refractivity contribution in [3.63, 3.8) is 0 Å². The highest BCUT2D eigenvalue weighted by atomic mass is 32.2. The SMILES string of the molecule is CC(C)Cn1ccc2cc(NS(=O)(=O)c3ccc(O)c([N+](=O)[O-])c3)ccc21. The van der Waals surface area contributed by atoms with Gasteiger partial charge in [-0.25, -0.2) is 8.42 Å². The number of nitrogens with one attached hydrogen (secondary N) is 1. The number of benzene rings is 2. The molecule has 0 bridgehead atoms. The molecule has 27 heavy (non-hydrogen) atoms. The topological polar surface area (TPSA) is 114 Å². The Hall–Kier alpha value is -3.07. The lowest BCUT2D eigenvalue weighted by Crippen LogP contribution is -2.13. The van der Waals surface area contributed by atoms with Gasteiger partial charge in [0, 0.05) is 35.4 Å². The van der Waals surface area contributed by atoms with Crippen molar-refractivity contribution < 1.29 is 18.4 Å². The Morgan fingerprint density at radius 3 is 2.59 bits per heavy atom. The van der Waals surface area contributed by atoms with Crippen LogP contribution in [0.5, 0.6) is 5.75 Å². The van der Waals surface area contributed by atoms with Crippen LogP contribution >= 0.6 is 0 Å². The number of aromatic nitrogens is 1. The molecule has 0 aliphatic rings. The molecule has 0 saturated carbocycles. The molecule has 3 rings (SSSR count). The summed E-state index contributed by atoms with van der Waals surface area (Å²) in [5.74, 6) is -0.115. The summed E-state index contributed by atoms with van der Waals surface area (Å²) in [6.07, 6.45) is 1.95. The molecule has 0 radical (unpaired) electrons. The first-order valence-electron chi connectivity index (χ1n) is 8.26. The van der Waals surface area contributed by atoms with E-state index in [9.17, 15) is 23.6 Å². The summed E-state index contributed by atoms with van der Waals surface area (Å²) in [7, 11) is -4.04. The molecule has 142 valence electrons. The molecule has 2 N–H and O–H groups in total. The number of anilines is 1. The largest absolute Gasteiger partial charge is 0.502 e. The van der Waals surface area contributed by atoms with Gasteiger partial charge in [0.2, 0.25) is 0 Å². The first-order valence-corrected chi connectivity index (χ1v) is 9.75. The zero-order valence-electron chi connectivity index (χ0n) is 14.8. The number of nitro groups is 1. The van der Waals surface area contributed by atoms with Gasteiger partial charge in [-0.1, -0.05) is 13.8 Å². The highest BCUT2D eigenvalue weighted by Gasteiger charge is 2.21. The van der Waals surface area contributed by atoms with Crippen LogP contribution < -0.4 is 4.72 Å². The fourth-order valence-electron chi connectivity index (χ4n) is 2.85. The van der Waals surface area contributed by atoms with Crippen molar-refractivity contribution in [1.29, 1.82) is 0 Å². The summed E-state index contributed by atoms with van der Waals surface area (Å²) in [5, 5.41) is 21.3. The van der Waals surface area contributed by atoms with E-state index < -0.39 is 26.4 Å². The third kappa shape index (κ3) is 3.87. The fourth-order valence-corrected chi connectivity index (χ4v) is 3.92. The summed E-state index contributed by atoms with van der Waals surface area (Å²) in [4.78, 5) is 9.78. The minimum Gasteiger partial charge on any atom is -0.502 e. The minimum atomic E-state index is -4.04. The first-order chi connectivity index (χ1) is 12.7. The minimum absolute atomic E-state index is 0.301. The Morgan fingerprint density at radius 1 is 1.19 bits per heavy atom. The van der Waals surface area contributed by atoms with E-state index in [1.54, 1.807) is 12.1 Å². The summed E-state index contributed by atoms with van der Waals surface area (Å²) < 4.78 is 29.6. The van der Waals surface area contributed by atoms with Crippen molar-refractivity contribution in [3.05, 3.63) is 58.8 Å². The molecule has 0 saturated heterocycles. The van der Waals surface area contributed by atoms with Gasteiger partial charge in [0.05, 0.1) is 9.82 Å². The van der Waals surface area contributed by atoms with Crippen molar-refractivity contribution in [1.82, 2.24) is 4.57 Å². The average Bonchev–Trinajstić information content (AvgIpc) is 2.96. The van der Waals surface area contributed by atoms with Crippen LogP contribution in [0.3, 0.4) is 0 Å². The number of phenols is 1. The van der Waals surface area contributed by atoms with E-state index in [2.05, 4.69) is 23.1 Å². The second-order valence-corrected chi connectivity index (χ2v) is 8.33. The molecule has 0 amide bonds. The summed E-state index contributed by atoms with van der Waals surface area (Å²) in [5.41, 5.74) is 0.673. The maximum Gasteiger partial charge on any atom is 0.312 e. The Bertz CT molecular complexity index is 1120. The molecular formula is C18H19N3O5S. The van der Waals surface area contributed by atoms with E-state index in [1.165, 1.54) is 0 Å². The number of phenolic OH excluding ortho intramolecular Hbond substituents is 1. The zero-order valence-corrected chi connectivity index (χ0v) is 15.6. The molecule has 0 spiro atoms. The van der Waals surface area contributed by atoms with Crippen molar-refractivity contribution in [2.75, 3.05) is 4.72 Å². The second-order valence-electron chi connectivity index (χ2n) is 6.65. The van der Waals surface area contributed by atoms with E-state index in [4.69, 9.17) is 0 Å². The summed E-state index contributed by atoms with van der Waals surface area (Å²) in [6, 6.07) is 10.0. The Kier molecular flexibility index (Phi) is 4.79. The van der Waals surface area contributed by atoms with Crippen molar-refractivity contribution in [2.45, 2.75) is 25.3 Å². The number of rotatable bonds is 6. The number of sulfonamides is 1.